The van der Waals surface area contributed by atoms with Gasteiger partial charge in [-0.3, -0.25) is 4.90 Å². The van der Waals surface area contributed by atoms with Crippen LogP contribution in [0.2, 0.25) is 0 Å². The quantitative estimate of drug-likeness (QED) is 0.743. The van der Waals surface area contributed by atoms with Crippen molar-refractivity contribution in [3.05, 3.63) is 0 Å². The molecule has 2 heteroatoms. The van der Waals surface area contributed by atoms with Crippen LogP contribution >= 0.6 is 0 Å². The van der Waals surface area contributed by atoms with E-state index in [0.29, 0.717) is 0 Å². The molecule has 86 valence electrons. The molecule has 3 aliphatic carbocycles. The molecule has 3 saturated carbocycles. The fourth-order valence-corrected chi connectivity index (χ4v) is 3.12. The first-order chi connectivity index (χ1) is 7.36. The molecule has 0 aromatic carbocycles. The van der Waals surface area contributed by atoms with E-state index in [1.807, 2.05) is 0 Å². The van der Waals surface area contributed by atoms with Gasteiger partial charge in [-0.1, -0.05) is 0 Å². The van der Waals surface area contributed by atoms with E-state index in [-0.39, 0.29) is 0 Å². The minimum absolute atomic E-state index is 0.801. The molecule has 0 heterocycles. The smallest absolute Gasteiger partial charge is 0.0114 e. The van der Waals surface area contributed by atoms with Gasteiger partial charge in [-0.15, -0.1) is 0 Å². The van der Waals surface area contributed by atoms with Gasteiger partial charge < -0.3 is 5.32 Å². The molecule has 0 radical (unpaired) electrons. The van der Waals surface area contributed by atoms with E-state index in [1.54, 1.807) is 0 Å². The van der Waals surface area contributed by atoms with Crippen molar-refractivity contribution in [2.75, 3.05) is 13.6 Å². The maximum atomic E-state index is 3.45. The Bertz CT molecular complexity index is 221. The van der Waals surface area contributed by atoms with Crippen LogP contribution in [0.15, 0.2) is 0 Å². The van der Waals surface area contributed by atoms with Crippen LogP contribution in [0.5, 0.6) is 0 Å². The van der Waals surface area contributed by atoms with Gasteiger partial charge in [-0.2, -0.15) is 0 Å². The second-order valence-corrected chi connectivity index (χ2v) is 5.82. The van der Waals surface area contributed by atoms with Crippen molar-refractivity contribution in [2.45, 2.75) is 63.1 Å². The van der Waals surface area contributed by atoms with E-state index >= 15 is 0 Å². The zero-order chi connectivity index (χ0) is 10.3. The molecule has 1 N–H and O–H groups in total. The lowest BCUT2D eigenvalue weighted by atomic mass is 10.2. The van der Waals surface area contributed by atoms with Crippen molar-refractivity contribution >= 4 is 0 Å². The van der Waals surface area contributed by atoms with Gasteiger partial charge in [0.1, 0.15) is 0 Å². The lowest BCUT2D eigenvalue weighted by Crippen LogP contribution is -2.38. The van der Waals surface area contributed by atoms with Crippen LogP contribution in [-0.4, -0.2) is 36.6 Å². The number of nitrogens with zero attached hydrogens (tertiary/aromatic N) is 1. The first kappa shape index (κ1) is 10.1. The molecule has 2 unspecified atom stereocenters. The Hall–Kier alpha value is -0.0800. The SMILES string of the molecule is CNC1CCC(N(CC2CC2)C2CC2)C1. The van der Waals surface area contributed by atoms with Crippen LogP contribution in [-0.2, 0) is 0 Å². The Morgan fingerprint density at radius 2 is 1.73 bits per heavy atom. The Balaban J connectivity index is 1.56. The van der Waals surface area contributed by atoms with Gasteiger partial charge in [0.25, 0.3) is 0 Å². The second kappa shape index (κ2) is 4.06. The van der Waals surface area contributed by atoms with Gasteiger partial charge in [0.15, 0.2) is 0 Å². The molecule has 3 rings (SSSR count). The van der Waals surface area contributed by atoms with Gasteiger partial charge in [-0.05, 0) is 57.9 Å². The Labute approximate surface area is 93.4 Å². The third kappa shape index (κ3) is 2.36. The molecule has 0 amide bonds. The average molecular weight is 208 g/mol. The second-order valence-electron chi connectivity index (χ2n) is 5.82. The summed E-state index contributed by atoms with van der Waals surface area (Å²) >= 11 is 0. The van der Waals surface area contributed by atoms with E-state index in [0.717, 1.165) is 24.0 Å². The maximum absolute atomic E-state index is 3.45. The topological polar surface area (TPSA) is 15.3 Å². The number of hydrogen-bond acceptors (Lipinski definition) is 2. The number of rotatable bonds is 5. The summed E-state index contributed by atoms with van der Waals surface area (Å²) in [5.41, 5.74) is 0. The fourth-order valence-electron chi connectivity index (χ4n) is 3.12. The predicted molar refractivity (Wildman–Crippen MR) is 62.9 cm³/mol. The van der Waals surface area contributed by atoms with Crippen LogP contribution < -0.4 is 5.32 Å². The highest BCUT2D eigenvalue weighted by molar-refractivity contribution is 4.95. The molecule has 15 heavy (non-hydrogen) atoms. The van der Waals surface area contributed by atoms with E-state index in [4.69, 9.17) is 0 Å². The first-order valence-corrected chi connectivity index (χ1v) is 6.80. The molecule has 0 aromatic rings. The van der Waals surface area contributed by atoms with Gasteiger partial charge in [0.2, 0.25) is 0 Å². The van der Waals surface area contributed by atoms with E-state index in [2.05, 4.69) is 17.3 Å². The number of hydrogen-bond donors (Lipinski definition) is 1. The summed E-state index contributed by atoms with van der Waals surface area (Å²) in [7, 11) is 2.12. The van der Waals surface area contributed by atoms with Crippen molar-refractivity contribution in [1.82, 2.24) is 10.2 Å². The third-order valence-electron chi connectivity index (χ3n) is 4.46. The Morgan fingerprint density at radius 1 is 1.00 bits per heavy atom. The molecule has 2 nitrogen and oxygen atoms in total. The normalized spacial score (nSPS) is 36.4. The van der Waals surface area contributed by atoms with Crippen LogP contribution in [0.1, 0.15) is 44.9 Å². The molecular weight excluding hydrogens is 184 g/mol. The van der Waals surface area contributed by atoms with Crippen molar-refractivity contribution in [3.63, 3.8) is 0 Å². The molecule has 0 aromatic heterocycles. The summed E-state index contributed by atoms with van der Waals surface area (Å²) in [5, 5.41) is 3.45. The van der Waals surface area contributed by atoms with Gasteiger partial charge in [0, 0.05) is 24.7 Å². The zero-order valence-corrected chi connectivity index (χ0v) is 9.91. The molecule has 2 atom stereocenters. The van der Waals surface area contributed by atoms with E-state index in [1.165, 1.54) is 51.5 Å². The summed E-state index contributed by atoms with van der Waals surface area (Å²) in [6, 6.07) is 2.69. The van der Waals surface area contributed by atoms with Crippen LogP contribution in [0, 0.1) is 5.92 Å². The van der Waals surface area contributed by atoms with Gasteiger partial charge in [-0.25, -0.2) is 0 Å². The molecule has 0 aliphatic heterocycles. The maximum Gasteiger partial charge on any atom is 0.0114 e. The molecule has 0 bridgehead atoms. The summed E-state index contributed by atoms with van der Waals surface area (Å²) in [6.07, 6.45) is 10.2. The molecule has 3 aliphatic rings. The Morgan fingerprint density at radius 3 is 2.27 bits per heavy atom. The molecule has 0 spiro atoms. The minimum Gasteiger partial charge on any atom is -0.317 e. The molecule has 3 fully saturated rings. The largest absolute Gasteiger partial charge is 0.317 e. The number of nitrogens with one attached hydrogen (secondary N) is 1. The summed E-state index contributed by atoms with van der Waals surface area (Å²) in [5.74, 6) is 1.07. The van der Waals surface area contributed by atoms with Crippen molar-refractivity contribution in [3.8, 4) is 0 Å². The van der Waals surface area contributed by atoms with Gasteiger partial charge >= 0.3 is 0 Å². The highest BCUT2D eigenvalue weighted by atomic mass is 15.2. The monoisotopic (exact) mass is 208 g/mol. The molecule has 0 saturated heterocycles. The zero-order valence-electron chi connectivity index (χ0n) is 9.91. The summed E-state index contributed by atoms with van der Waals surface area (Å²) < 4.78 is 0. The predicted octanol–water partition coefficient (Wildman–Crippen LogP) is 2.00. The minimum atomic E-state index is 0.801. The molecular formula is C13H24N2. The fraction of sp³-hybridized carbons (Fsp3) is 1.00. The van der Waals surface area contributed by atoms with E-state index < -0.39 is 0 Å². The third-order valence-corrected chi connectivity index (χ3v) is 4.46. The standard InChI is InChI=1S/C13H24N2/c1-14-11-4-5-13(8-11)15(12-6-7-12)9-10-2-3-10/h10-14H,2-9H2,1H3. The van der Waals surface area contributed by atoms with Crippen molar-refractivity contribution in [1.29, 1.82) is 0 Å². The highest BCUT2D eigenvalue weighted by Gasteiger charge is 2.39. The average Bonchev–Trinajstić information content (AvgIpc) is 3.14. The van der Waals surface area contributed by atoms with Crippen LogP contribution in [0.3, 0.4) is 0 Å². The highest BCUT2D eigenvalue weighted by Crippen LogP contribution is 2.39. The lowest BCUT2D eigenvalue weighted by Gasteiger charge is -2.29. The summed E-state index contributed by atoms with van der Waals surface area (Å²) in [4.78, 5) is 2.87. The lowest BCUT2D eigenvalue weighted by molar-refractivity contribution is 0.178. The van der Waals surface area contributed by atoms with Crippen LogP contribution in [0.25, 0.3) is 0 Å². The van der Waals surface area contributed by atoms with Crippen molar-refractivity contribution < 1.29 is 0 Å². The van der Waals surface area contributed by atoms with Crippen molar-refractivity contribution in [2.24, 2.45) is 5.92 Å². The Kier molecular flexibility index (Phi) is 2.73. The van der Waals surface area contributed by atoms with Gasteiger partial charge in [0.05, 0.1) is 0 Å². The van der Waals surface area contributed by atoms with E-state index in [9.17, 15) is 0 Å². The summed E-state index contributed by atoms with van der Waals surface area (Å²) in [6.45, 7) is 1.42. The van der Waals surface area contributed by atoms with Crippen LogP contribution in [0.4, 0.5) is 0 Å². The first-order valence-electron chi connectivity index (χ1n) is 6.80.